The van der Waals surface area contributed by atoms with Gasteiger partial charge in [-0.25, -0.2) is 0 Å². The van der Waals surface area contributed by atoms with Gasteiger partial charge < -0.3 is 0 Å². The largest absolute Gasteiger partial charge is 0.295 e. The zero-order chi connectivity index (χ0) is 16.8. The van der Waals surface area contributed by atoms with Crippen molar-refractivity contribution in [3.63, 3.8) is 0 Å². The fraction of sp³-hybridized carbons (Fsp3) is 0.111. The van der Waals surface area contributed by atoms with Crippen molar-refractivity contribution in [1.82, 2.24) is 10.2 Å². The first-order valence-corrected chi connectivity index (χ1v) is 8.63. The highest BCUT2D eigenvalue weighted by Crippen LogP contribution is 2.42. The van der Waals surface area contributed by atoms with E-state index in [4.69, 9.17) is 11.6 Å². The average Bonchev–Trinajstić information content (AvgIpc) is 3.09. The van der Waals surface area contributed by atoms with Gasteiger partial charge in [-0.2, -0.15) is 5.10 Å². The smallest absolute Gasteiger partial charge is 0.279 e. The fourth-order valence-corrected chi connectivity index (χ4v) is 3.52. The van der Waals surface area contributed by atoms with E-state index in [0.29, 0.717) is 10.7 Å². The van der Waals surface area contributed by atoms with E-state index in [2.05, 4.69) is 26.1 Å². The number of anilines is 1. The summed E-state index contributed by atoms with van der Waals surface area (Å²) in [5.74, 6) is -0.100. The predicted molar refractivity (Wildman–Crippen MR) is 97.6 cm³/mol. The third-order valence-electron chi connectivity index (χ3n) is 4.24. The lowest BCUT2D eigenvalue weighted by molar-refractivity contribution is 0.0989. The Labute approximate surface area is 152 Å². The number of hydrogen-bond acceptors (Lipinski definition) is 2. The van der Waals surface area contributed by atoms with Crippen LogP contribution in [0.1, 0.15) is 33.4 Å². The number of halogens is 2. The Morgan fingerprint density at radius 3 is 2.46 bits per heavy atom. The number of H-pyrrole nitrogens is 1. The number of benzene rings is 2. The van der Waals surface area contributed by atoms with Gasteiger partial charge in [-0.1, -0.05) is 39.7 Å². The molecule has 1 amide bonds. The second-order valence-electron chi connectivity index (χ2n) is 5.72. The summed E-state index contributed by atoms with van der Waals surface area (Å²) in [7, 11) is 0. The van der Waals surface area contributed by atoms with Crippen molar-refractivity contribution in [2.24, 2.45) is 0 Å². The molecule has 120 valence electrons. The van der Waals surface area contributed by atoms with Crippen molar-refractivity contribution in [2.75, 3.05) is 4.90 Å². The lowest BCUT2D eigenvalue weighted by Gasteiger charge is -2.26. The van der Waals surface area contributed by atoms with E-state index in [0.717, 1.165) is 27.0 Å². The van der Waals surface area contributed by atoms with Crippen LogP contribution in [0.3, 0.4) is 0 Å². The molecule has 0 saturated heterocycles. The molecule has 0 radical (unpaired) electrons. The van der Waals surface area contributed by atoms with Crippen LogP contribution in [0.4, 0.5) is 5.69 Å². The Hall–Kier alpha value is -2.11. The van der Waals surface area contributed by atoms with Crippen molar-refractivity contribution >= 4 is 39.1 Å². The highest BCUT2D eigenvalue weighted by molar-refractivity contribution is 9.10. The number of aromatic nitrogens is 2. The monoisotopic (exact) mass is 401 g/mol. The molecule has 2 aromatic carbocycles. The fourth-order valence-electron chi connectivity index (χ4n) is 3.12. The maximum Gasteiger partial charge on any atom is 0.279 e. The maximum atomic E-state index is 13.0. The van der Waals surface area contributed by atoms with Gasteiger partial charge in [0.1, 0.15) is 0 Å². The van der Waals surface area contributed by atoms with Crippen LogP contribution < -0.4 is 4.90 Å². The normalized spacial score (nSPS) is 16.5. The van der Waals surface area contributed by atoms with E-state index in [-0.39, 0.29) is 11.9 Å². The number of fused-ring (bicyclic) bond motifs is 1. The number of nitrogens with zero attached hydrogens (tertiary/aromatic N) is 2. The number of nitrogens with one attached hydrogen (secondary N) is 1. The molecule has 6 heteroatoms. The minimum atomic E-state index is -0.218. The van der Waals surface area contributed by atoms with Crippen LogP contribution in [-0.4, -0.2) is 16.1 Å². The van der Waals surface area contributed by atoms with E-state index in [1.165, 1.54) is 0 Å². The molecular weight excluding hydrogens is 390 g/mol. The summed E-state index contributed by atoms with van der Waals surface area (Å²) in [5.41, 5.74) is 4.14. The highest BCUT2D eigenvalue weighted by atomic mass is 79.9. The number of aryl methyl sites for hydroxylation is 1. The predicted octanol–water partition coefficient (Wildman–Crippen LogP) is 4.88. The van der Waals surface area contributed by atoms with Crippen molar-refractivity contribution in [2.45, 2.75) is 13.0 Å². The molecule has 3 aromatic rings. The first-order valence-electron chi connectivity index (χ1n) is 7.45. The second kappa shape index (κ2) is 5.76. The van der Waals surface area contributed by atoms with Gasteiger partial charge in [0.2, 0.25) is 0 Å². The quantitative estimate of drug-likeness (QED) is 0.664. The minimum absolute atomic E-state index is 0.100. The number of rotatable bonds is 2. The molecule has 2 heterocycles. The maximum absolute atomic E-state index is 13.0. The van der Waals surface area contributed by atoms with E-state index in [1.54, 1.807) is 4.90 Å². The SMILES string of the molecule is Cc1[nH]nc2c1[C@@H](c1ccc(Cl)cc1)N(c1ccc(Br)cc1)C2=O. The topological polar surface area (TPSA) is 49.0 Å². The molecule has 0 fully saturated rings. The Morgan fingerprint density at radius 1 is 1.12 bits per heavy atom. The summed E-state index contributed by atoms with van der Waals surface area (Å²) in [5, 5.41) is 7.81. The third-order valence-corrected chi connectivity index (χ3v) is 5.02. The molecule has 0 saturated carbocycles. The molecule has 0 aliphatic carbocycles. The first-order chi connectivity index (χ1) is 11.6. The molecule has 4 nitrogen and oxygen atoms in total. The van der Waals surface area contributed by atoms with Gasteiger partial charge in [-0.15, -0.1) is 0 Å². The number of aromatic amines is 1. The van der Waals surface area contributed by atoms with Crippen LogP contribution >= 0.6 is 27.5 Å². The number of amides is 1. The van der Waals surface area contributed by atoms with Crippen LogP contribution in [0.25, 0.3) is 0 Å². The summed E-state index contributed by atoms with van der Waals surface area (Å²) in [6.07, 6.45) is 0. The van der Waals surface area contributed by atoms with E-state index >= 15 is 0 Å². The van der Waals surface area contributed by atoms with Gasteiger partial charge in [0, 0.05) is 26.4 Å². The third kappa shape index (κ3) is 2.36. The van der Waals surface area contributed by atoms with Crippen LogP contribution in [0.2, 0.25) is 5.02 Å². The van der Waals surface area contributed by atoms with Crippen molar-refractivity contribution in [3.8, 4) is 0 Å². The van der Waals surface area contributed by atoms with Gasteiger partial charge >= 0.3 is 0 Å². The Balaban J connectivity index is 1.89. The second-order valence-corrected chi connectivity index (χ2v) is 7.07. The van der Waals surface area contributed by atoms with Gasteiger partial charge in [0.15, 0.2) is 5.69 Å². The molecule has 1 N–H and O–H groups in total. The summed E-state index contributed by atoms with van der Waals surface area (Å²) in [4.78, 5) is 14.7. The zero-order valence-corrected chi connectivity index (χ0v) is 15.1. The summed E-state index contributed by atoms with van der Waals surface area (Å²) >= 11 is 9.46. The van der Waals surface area contributed by atoms with Crippen molar-refractivity contribution in [3.05, 3.63) is 80.5 Å². The number of carbonyl (C=O) groups excluding carboxylic acids is 1. The highest BCUT2D eigenvalue weighted by Gasteiger charge is 2.42. The summed E-state index contributed by atoms with van der Waals surface area (Å²) in [6.45, 7) is 1.94. The van der Waals surface area contributed by atoms with Gasteiger partial charge in [-0.3, -0.25) is 14.8 Å². The average molecular weight is 403 g/mol. The van der Waals surface area contributed by atoms with Crippen LogP contribution in [0.15, 0.2) is 53.0 Å². The van der Waals surface area contributed by atoms with Crippen molar-refractivity contribution < 1.29 is 4.79 Å². The van der Waals surface area contributed by atoms with Gasteiger partial charge in [0.25, 0.3) is 5.91 Å². The number of carbonyl (C=O) groups is 1. The van der Waals surface area contributed by atoms with Crippen molar-refractivity contribution in [1.29, 1.82) is 0 Å². The van der Waals surface area contributed by atoms with E-state index in [9.17, 15) is 4.79 Å². The lowest BCUT2D eigenvalue weighted by atomic mass is 9.99. The van der Waals surface area contributed by atoms with Gasteiger partial charge in [0.05, 0.1) is 6.04 Å². The first kappa shape index (κ1) is 15.4. The summed E-state index contributed by atoms with van der Waals surface area (Å²) < 4.78 is 0.968. The zero-order valence-electron chi connectivity index (χ0n) is 12.8. The van der Waals surface area contributed by atoms with E-state index in [1.807, 2.05) is 55.5 Å². The molecule has 24 heavy (non-hydrogen) atoms. The lowest BCUT2D eigenvalue weighted by Crippen LogP contribution is -2.29. The standard InChI is InChI=1S/C18H13BrClN3O/c1-10-15-16(22-21-10)18(24)23(14-8-4-12(19)5-9-14)17(15)11-2-6-13(20)7-3-11/h2-9,17H,1H3,(H,21,22)/t17-/m1/s1. The van der Waals surface area contributed by atoms with Crippen LogP contribution in [0.5, 0.6) is 0 Å². The molecule has 4 rings (SSSR count). The summed E-state index contributed by atoms with van der Waals surface area (Å²) in [6, 6.07) is 15.1. The molecule has 1 aliphatic heterocycles. The molecule has 1 aliphatic rings. The number of hydrogen-bond donors (Lipinski definition) is 1. The van der Waals surface area contributed by atoms with Gasteiger partial charge in [-0.05, 0) is 48.9 Å². The minimum Gasteiger partial charge on any atom is -0.295 e. The Kier molecular flexibility index (Phi) is 3.70. The molecule has 0 bridgehead atoms. The molecular formula is C18H13BrClN3O. The molecule has 1 aromatic heterocycles. The Morgan fingerprint density at radius 2 is 1.79 bits per heavy atom. The molecule has 0 unspecified atom stereocenters. The van der Waals surface area contributed by atoms with Crippen LogP contribution in [-0.2, 0) is 0 Å². The molecule has 1 atom stereocenters. The Bertz CT molecular complexity index is 918. The van der Waals surface area contributed by atoms with E-state index < -0.39 is 0 Å². The molecule has 0 spiro atoms. The van der Waals surface area contributed by atoms with Crippen LogP contribution in [0, 0.1) is 6.92 Å².